The summed E-state index contributed by atoms with van der Waals surface area (Å²) in [6, 6.07) is 4.58. The highest BCUT2D eigenvalue weighted by molar-refractivity contribution is 4.99. The lowest BCUT2D eigenvalue weighted by Gasteiger charge is -2.39. The molecule has 2 rings (SSSR count). The van der Waals surface area contributed by atoms with Gasteiger partial charge in [0, 0.05) is 18.8 Å². The van der Waals surface area contributed by atoms with Crippen LogP contribution >= 0.6 is 0 Å². The van der Waals surface area contributed by atoms with Crippen LogP contribution in [-0.2, 0) is 6.54 Å². The molecule has 1 saturated carbocycles. The third-order valence-electron chi connectivity index (χ3n) is 3.66. The Morgan fingerprint density at radius 2 is 2.31 bits per heavy atom. The van der Waals surface area contributed by atoms with Crippen molar-refractivity contribution in [3.8, 4) is 0 Å². The van der Waals surface area contributed by atoms with E-state index in [4.69, 9.17) is 0 Å². The normalized spacial score (nSPS) is 24.2. The highest BCUT2D eigenvalue weighted by atomic mass is 15.1. The summed E-state index contributed by atoms with van der Waals surface area (Å²) in [5, 5.41) is 11.6. The van der Waals surface area contributed by atoms with E-state index < -0.39 is 0 Å². The van der Waals surface area contributed by atoms with Crippen molar-refractivity contribution in [1.29, 1.82) is 0 Å². The van der Waals surface area contributed by atoms with E-state index in [1.54, 1.807) is 6.20 Å². The first-order chi connectivity index (χ1) is 7.68. The van der Waals surface area contributed by atoms with E-state index in [9.17, 15) is 0 Å². The molecule has 0 aliphatic heterocycles. The highest BCUT2D eigenvalue weighted by Gasteiger charge is 2.31. The van der Waals surface area contributed by atoms with Crippen molar-refractivity contribution >= 4 is 0 Å². The van der Waals surface area contributed by atoms with Gasteiger partial charge in [0.25, 0.3) is 0 Å². The molecule has 0 aromatic carbocycles. The van der Waals surface area contributed by atoms with Gasteiger partial charge in [-0.25, -0.2) is 0 Å². The molecule has 3 heteroatoms. The summed E-state index contributed by atoms with van der Waals surface area (Å²) in [7, 11) is 0. The van der Waals surface area contributed by atoms with Crippen LogP contribution in [0.25, 0.3) is 0 Å². The second kappa shape index (κ2) is 4.91. The molecule has 3 nitrogen and oxygen atoms in total. The van der Waals surface area contributed by atoms with E-state index in [1.165, 1.54) is 25.7 Å². The monoisotopic (exact) mass is 219 g/mol. The molecule has 1 aliphatic rings. The maximum atomic E-state index is 4.10. The predicted octanol–water partition coefficient (Wildman–Crippen LogP) is 2.54. The third-order valence-corrected chi connectivity index (χ3v) is 3.66. The van der Waals surface area contributed by atoms with Gasteiger partial charge in [-0.15, -0.1) is 0 Å². The Morgan fingerprint density at radius 1 is 1.44 bits per heavy atom. The number of hydrogen-bond acceptors (Lipinski definition) is 3. The van der Waals surface area contributed by atoms with E-state index in [2.05, 4.69) is 29.4 Å². The Labute approximate surface area is 97.7 Å². The van der Waals surface area contributed by atoms with Crippen molar-refractivity contribution in [3.63, 3.8) is 0 Å². The molecule has 0 amide bonds. The predicted molar refractivity (Wildman–Crippen MR) is 64.9 cm³/mol. The zero-order chi connectivity index (χ0) is 11.4. The van der Waals surface area contributed by atoms with Gasteiger partial charge in [-0.3, -0.25) is 0 Å². The molecule has 0 bridgehead atoms. The standard InChI is InChI=1S/C13H21N3/c1-13(2)8-4-3-7-12(13)14-10-11-6-5-9-15-16-11/h5-6,9,12,14H,3-4,7-8,10H2,1-2H3. The number of rotatable bonds is 3. The lowest BCUT2D eigenvalue weighted by Crippen LogP contribution is -2.43. The van der Waals surface area contributed by atoms with E-state index in [0.29, 0.717) is 11.5 Å². The molecule has 88 valence electrons. The van der Waals surface area contributed by atoms with Crippen LogP contribution in [0.15, 0.2) is 18.3 Å². The van der Waals surface area contributed by atoms with Gasteiger partial charge >= 0.3 is 0 Å². The quantitative estimate of drug-likeness (QED) is 0.849. The Bertz CT molecular complexity index is 321. The molecule has 1 aromatic rings. The fourth-order valence-electron chi connectivity index (χ4n) is 2.53. The van der Waals surface area contributed by atoms with Crippen molar-refractivity contribution in [3.05, 3.63) is 24.0 Å². The molecule has 16 heavy (non-hydrogen) atoms. The molecule has 1 heterocycles. The van der Waals surface area contributed by atoms with Gasteiger partial charge in [-0.2, -0.15) is 10.2 Å². The van der Waals surface area contributed by atoms with E-state index in [0.717, 1.165) is 12.2 Å². The van der Waals surface area contributed by atoms with Crippen LogP contribution in [0.1, 0.15) is 45.2 Å². The Balaban J connectivity index is 1.90. The zero-order valence-electron chi connectivity index (χ0n) is 10.2. The SMILES string of the molecule is CC1(C)CCCCC1NCc1cccnn1. The van der Waals surface area contributed by atoms with E-state index in [1.807, 2.05) is 12.1 Å². The molecule has 0 radical (unpaired) electrons. The third kappa shape index (κ3) is 2.79. The van der Waals surface area contributed by atoms with Crippen LogP contribution < -0.4 is 5.32 Å². The molecule has 1 atom stereocenters. The summed E-state index contributed by atoms with van der Waals surface area (Å²) in [6.45, 7) is 5.56. The molecule has 0 saturated heterocycles. The lowest BCUT2D eigenvalue weighted by molar-refractivity contribution is 0.166. The largest absolute Gasteiger partial charge is 0.308 e. The minimum absolute atomic E-state index is 0.417. The summed E-state index contributed by atoms with van der Waals surface area (Å²) in [5.41, 5.74) is 1.45. The number of hydrogen-bond donors (Lipinski definition) is 1. The van der Waals surface area contributed by atoms with Crippen molar-refractivity contribution in [2.75, 3.05) is 0 Å². The Kier molecular flexibility index (Phi) is 3.54. The van der Waals surface area contributed by atoms with Crippen LogP contribution in [-0.4, -0.2) is 16.2 Å². The first kappa shape index (κ1) is 11.5. The van der Waals surface area contributed by atoms with Gasteiger partial charge in [0.05, 0.1) is 5.69 Å². The van der Waals surface area contributed by atoms with Crippen molar-refractivity contribution in [2.45, 2.75) is 52.1 Å². The number of nitrogens with zero attached hydrogens (tertiary/aromatic N) is 2. The molecular weight excluding hydrogens is 198 g/mol. The molecule has 1 aromatic heterocycles. The highest BCUT2D eigenvalue weighted by Crippen LogP contribution is 2.35. The van der Waals surface area contributed by atoms with Crippen LogP contribution in [0.4, 0.5) is 0 Å². The minimum Gasteiger partial charge on any atom is -0.308 e. The van der Waals surface area contributed by atoms with Gasteiger partial charge in [0.1, 0.15) is 0 Å². The molecule has 0 spiro atoms. The maximum Gasteiger partial charge on any atom is 0.0769 e. The summed E-state index contributed by atoms with van der Waals surface area (Å²) in [5.74, 6) is 0. The summed E-state index contributed by atoms with van der Waals surface area (Å²) in [4.78, 5) is 0. The fourth-order valence-corrected chi connectivity index (χ4v) is 2.53. The van der Waals surface area contributed by atoms with Crippen molar-refractivity contribution < 1.29 is 0 Å². The Morgan fingerprint density at radius 3 is 3.00 bits per heavy atom. The minimum atomic E-state index is 0.417. The van der Waals surface area contributed by atoms with Crippen LogP contribution in [0.3, 0.4) is 0 Å². The van der Waals surface area contributed by atoms with Crippen LogP contribution in [0, 0.1) is 5.41 Å². The van der Waals surface area contributed by atoms with Gasteiger partial charge in [-0.1, -0.05) is 26.7 Å². The second-order valence-electron chi connectivity index (χ2n) is 5.38. The first-order valence-corrected chi connectivity index (χ1v) is 6.18. The van der Waals surface area contributed by atoms with Crippen molar-refractivity contribution in [1.82, 2.24) is 15.5 Å². The number of nitrogens with one attached hydrogen (secondary N) is 1. The van der Waals surface area contributed by atoms with Gasteiger partial charge in [-0.05, 0) is 30.4 Å². The first-order valence-electron chi connectivity index (χ1n) is 6.18. The lowest BCUT2D eigenvalue weighted by atomic mass is 9.73. The zero-order valence-corrected chi connectivity index (χ0v) is 10.2. The smallest absolute Gasteiger partial charge is 0.0769 e. The van der Waals surface area contributed by atoms with E-state index >= 15 is 0 Å². The summed E-state index contributed by atoms with van der Waals surface area (Å²) < 4.78 is 0. The Hall–Kier alpha value is -0.960. The second-order valence-corrected chi connectivity index (χ2v) is 5.38. The average molecular weight is 219 g/mol. The van der Waals surface area contributed by atoms with Gasteiger partial charge < -0.3 is 5.32 Å². The van der Waals surface area contributed by atoms with E-state index in [-0.39, 0.29) is 0 Å². The molecule has 1 aliphatic carbocycles. The molecule has 1 fully saturated rings. The van der Waals surface area contributed by atoms with Gasteiger partial charge in [0.15, 0.2) is 0 Å². The summed E-state index contributed by atoms with van der Waals surface area (Å²) in [6.07, 6.45) is 7.05. The van der Waals surface area contributed by atoms with Crippen LogP contribution in [0.2, 0.25) is 0 Å². The molecule has 1 unspecified atom stereocenters. The van der Waals surface area contributed by atoms with Crippen molar-refractivity contribution in [2.24, 2.45) is 5.41 Å². The fraction of sp³-hybridized carbons (Fsp3) is 0.692. The topological polar surface area (TPSA) is 37.8 Å². The molecule has 1 N–H and O–H groups in total. The summed E-state index contributed by atoms with van der Waals surface area (Å²) >= 11 is 0. The number of aromatic nitrogens is 2. The average Bonchev–Trinajstić information content (AvgIpc) is 2.28. The van der Waals surface area contributed by atoms with Crippen LogP contribution in [0.5, 0.6) is 0 Å². The van der Waals surface area contributed by atoms with Gasteiger partial charge in [0.2, 0.25) is 0 Å². The maximum absolute atomic E-state index is 4.10. The molecular formula is C13H21N3.